The van der Waals surface area contributed by atoms with Gasteiger partial charge < -0.3 is 15.2 Å². The normalized spacial score (nSPS) is 20.5. The molecule has 3 nitrogen and oxygen atoms in total. The van der Waals surface area contributed by atoms with Crippen LogP contribution < -0.4 is 10.5 Å². The van der Waals surface area contributed by atoms with E-state index in [1.807, 2.05) is 0 Å². The molecular weight excluding hydrogens is 265 g/mol. The van der Waals surface area contributed by atoms with Crippen molar-refractivity contribution in [3.8, 4) is 5.75 Å². The summed E-state index contributed by atoms with van der Waals surface area (Å²) in [4.78, 5) is 0. The molecule has 2 N–H and O–H groups in total. The monoisotopic (exact) mass is 275 g/mol. The van der Waals surface area contributed by atoms with Crippen molar-refractivity contribution in [3.63, 3.8) is 0 Å². The molecule has 2 rings (SSSR count). The molecule has 0 amide bonds. The van der Waals surface area contributed by atoms with Crippen LogP contribution in [0.1, 0.15) is 6.42 Å². The van der Waals surface area contributed by atoms with Crippen molar-refractivity contribution in [1.29, 1.82) is 0 Å². The number of rotatable bonds is 2. The Bertz CT molecular complexity index is 367. The number of halogens is 2. The summed E-state index contributed by atoms with van der Waals surface area (Å²) in [5, 5.41) is 0. The number of hydrogen-bond donors (Lipinski definition) is 1. The van der Waals surface area contributed by atoms with Crippen molar-refractivity contribution in [2.24, 2.45) is 0 Å². The van der Waals surface area contributed by atoms with Gasteiger partial charge >= 0.3 is 0 Å². The number of nitrogen functional groups attached to an aromatic ring is 1. The van der Waals surface area contributed by atoms with E-state index in [4.69, 9.17) is 15.2 Å². The summed E-state index contributed by atoms with van der Waals surface area (Å²) in [5.41, 5.74) is 6.13. The maximum atomic E-state index is 13.2. The predicted molar refractivity (Wildman–Crippen MR) is 58.4 cm³/mol. The smallest absolute Gasteiger partial charge is 0.145 e. The van der Waals surface area contributed by atoms with E-state index in [1.165, 1.54) is 12.1 Å². The van der Waals surface area contributed by atoms with Crippen LogP contribution in [0.2, 0.25) is 0 Å². The van der Waals surface area contributed by atoms with Crippen LogP contribution in [0.15, 0.2) is 16.6 Å². The lowest BCUT2D eigenvalue weighted by molar-refractivity contribution is 0.141. The van der Waals surface area contributed by atoms with E-state index >= 15 is 0 Å². The lowest BCUT2D eigenvalue weighted by Gasteiger charge is -2.14. The third kappa shape index (κ3) is 2.41. The highest BCUT2D eigenvalue weighted by Gasteiger charge is 2.19. The number of anilines is 1. The second kappa shape index (κ2) is 4.37. The van der Waals surface area contributed by atoms with Crippen LogP contribution in [0, 0.1) is 5.82 Å². The van der Waals surface area contributed by atoms with Crippen molar-refractivity contribution in [1.82, 2.24) is 0 Å². The van der Waals surface area contributed by atoms with E-state index < -0.39 is 0 Å². The second-order valence-corrected chi connectivity index (χ2v) is 4.26. The SMILES string of the molecule is Nc1cc(Br)c(F)cc1OC1CCOC1. The largest absolute Gasteiger partial charge is 0.486 e. The van der Waals surface area contributed by atoms with Crippen molar-refractivity contribution < 1.29 is 13.9 Å². The van der Waals surface area contributed by atoms with Crippen molar-refractivity contribution in [3.05, 3.63) is 22.4 Å². The van der Waals surface area contributed by atoms with Gasteiger partial charge in [-0.05, 0) is 22.0 Å². The highest BCUT2D eigenvalue weighted by atomic mass is 79.9. The minimum absolute atomic E-state index is 0.0205. The van der Waals surface area contributed by atoms with Crippen LogP contribution in [-0.4, -0.2) is 19.3 Å². The summed E-state index contributed by atoms with van der Waals surface area (Å²) in [6.07, 6.45) is 0.796. The zero-order valence-electron chi connectivity index (χ0n) is 8.00. The number of hydrogen-bond acceptors (Lipinski definition) is 3. The summed E-state index contributed by atoms with van der Waals surface area (Å²) in [6.45, 7) is 1.22. The van der Waals surface area contributed by atoms with E-state index in [-0.39, 0.29) is 11.9 Å². The highest BCUT2D eigenvalue weighted by Crippen LogP contribution is 2.30. The summed E-state index contributed by atoms with van der Waals surface area (Å²) >= 11 is 3.06. The molecule has 1 aliphatic heterocycles. The first kappa shape index (κ1) is 10.7. The van der Waals surface area contributed by atoms with Crippen LogP contribution in [0.4, 0.5) is 10.1 Å². The van der Waals surface area contributed by atoms with E-state index in [1.54, 1.807) is 0 Å². The lowest BCUT2D eigenvalue weighted by atomic mass is 10.2. The molecule has 0 saturated carbocycles. The fourth-order valence-corrected chi connectivity index (χ4v) is 1.79. The van der Waals surface area contributed by atoms with Gasteiger partial charge in [0.25, 0.3) is 0 Å². The van der Waals surface area contributed by atoms with E-state index in [0.29, 0.717) is 29.1 Å². The summed E-state index contributed by atoms with van der Waals surface area (Å²) in [7, 11) is 0. The Morgan fingerprint density at radius 3 is 3.00 bits per heavy atom. The van der Waals surface area contributed by atoms with Gasteiger partial charge in [-0.1, -0.05) is 0 Å². The molecule has 82 valence electrons. The molecule has 5 heteroatoms. The molecule has 0 radical (unpaired) electrons. The predicted octanol–water partition coefficient (Wildman–Crippen LogP) is 2.34. The summed E-state index contributed by atoms with van der Waals surface area (Å²) < 4.78 is 24.2. The van der Waals surface area contributed by atoms with Gasteiger partial charge in [0.1, 0.15) is 17.7 Å². The molecule has 1 aromatic rings. The van der Waals surface area contributed by atoms with Gasteiger partial charge in [-0.25, -0.2) is 4.39 Å². The quantitative estimate of drug-likeness (QED) is 0.843. The van der Waals surface area contributed by atoms with Gasteiger partial charge in [-0.3, -0.25) is 0 Å². The second-order valence-electron chi connectivity index (χ2n) is 3.41. The van der Waals surface area contributed by atoms with Crippen LogP contribution in [-0.2, 0) is 4.74 Å². The summed E-state index contributed by atoms with van der Waals surface area (Å²) in [6, 6.07) is 2.79. The Morgan fingerprint density at radius 2 is 2.33 bits per heavy atom. The molecule has 1 atom stereocenters. The Hall–Kier alpha value is -0.810. The molecule has 1 unspecified atom stereocenters. The fraction of sp³-hybridized carbons (Fsp3) is 0.400. The van der Waals surface area contributed by atoms with Crippen LogP contribution in [0.25, 0.3) is 0 Å². The van der Waals surface area contributed by atoms with Crippen LogP contribution >= 0.6 is 15.9 Å². The molecule has 1 heterocycles. The van der Waals surface area contributed by atoms with Crippen LogP contribution in [0.5, 0.6) is 5.75 Å². The molecule has 0 aromatic heterocycles. The lowest BCUT2D eigenvalue weighted by Crippen LogP contribution is -2.16. The minimum Gasteiger partial charge on any atom is -0.486 e. The Balaban J connectivity index is 2.16. The zero-order valence-corrected chi connectivity index (χ0v) is 9.59. The molecule has 0 aliphatic carbocycles. The van der Waals surface area contributed by atoms with Gasteiger partial charge in [0.2, 0.25) is 0 Å². The van der Waals surface area contributed by atoms with E-state index in [9.17, 15) is 4.39 Å². The average Bonchev–Trinajstić information content (AvgIpc) is 2.67. The van der Waals surface area contributed by atoms with Gasteiger partial charge in [0, 0.05) is 12.5 Å². The molecule has 15 heavy (non-hydrogen) atoms. The van der Waals surface area contributed by atoms with E-state index in [2.05, 4.69) is 15.9 Å². The van der Waals surface area contributed by atoms with Gasteiger partial charge in [-0.15, -0.1) is 0 Å². The summed E-state index contributed by atoms with van der Waals surface area (Å²) in [5.74, 6) is 0.00400. The molecule has 0 bridgehead atoms. The van der Waals surface area contributed by atoms with E-state index in [0.717, 1.165) is 6.42 Å². The van der Waals surface area contributed by atoms with Crippen molar-refractivity contribution in [2.75, 3.05) is 18.9 Å². The zero-order chi connectivity index (χ0) is 10.8. The third-order valence-corrected chi connectivity index (χ3v) is 2.84. The molecule has 1 fully saturated rings. The standard InChI is InChI=1S/C10H11BrFNO2/c11-7-3-9(13)10(4-8(7)12)15-6-1-2-14-5-6/h3-4,6H,1-2,5,13H2. The first-order chi connectivity index (χ1) is 7.16. The highest BCUT2D eigenvalue weighted by molar-refractivity contribution is 9.10. The van der Waals surface area contributed by atoms with Gasteiger partial charge in [0.05, 0.1) is 23.4 Å². The maximum absolute atomic E-state index is 13.2. The number of benzene rings is 1. The van der Waals surface area contributed by atoms with Crippen LogP contribution in [0.3, 0.4) is 0 Å². The Kier molecular flexibility index (Phi) is 3.11. The molecule has 1 aliphatic rings. The minimum atomic E-state index is -0.377. The maximum Gasteiger partial charge on any atom is 0.145 e. The fourth-order valence-electron chi connectivity index (χ4n) is 1.43. The molecule has 1 aromatic carbocycles. The molecule has 0 spiro atoms. The Labute approximate surface area is 95.5 Å². The molecule has 1 saturated heterocycles. The van der Waals surface area contributed by atoms with Gasteiger partial charge in [-0.2, -0.15) is 0 Å². The number of ether oxygens (including phenoxy) is 2. The third-order valence-electron chi connectivity index (χ3n) is 2.23. The Morgan fingerprint density at radius 1 is 1.53 bits per heavy atom. The average molecular weight is 276 g/mol. The van der Waals surface area contributed by atoms with Gasteiger partial charge in [0.15, 0.2) is 0 Å². The molecular formula is C10H11BrFNO2. The first-order valence-electron chi connectivity index (χ1n) is 4.66. The topological polar surface area (TPSA) is 44.5 Å². The first-order valence-corrected chi connectivity index (χ1v) is 5.45. The number of nitrogens with two attached hydrogens (primary N) is 1. The van der Waals surface area contributed by atoms with Crippen molar-refractivity contribution in [2.45, 2.75) is 12.5 Å². The van der Waals surface area contributed by atoms with Crippen molar-refractivity contribution >= 4 is 21.6 Å².